The maximum atomic E-state index is 13.1. The van der Waals surface area contributed by atoms with Crippen molar-refractivity contribution in [3.05, 3.63) is 63.7 Å². The summed E-state index contributed by atoms with van der Waals surface area (Å²) in [5, 5.41) is 0.529. The largest absolute Gasteiger partial charge is 0.352 e. The molecule has 0 unspecified atom stereocenters. The second-order valence-corrected chi connectivity index (χ2v) is 8.99. The van der Waals surface area contributed by atoms with Gasteiger partial charge in [0, 0.05) is 51.0 Å². The van der Waals surface area contributed by atoms with E-state index < -0.39 is 0 Å². The highest BCUT2D eigenvalue weighted by Crippen LogP contribution is 2.31. The van der Waals surface area contributed by atoms with Crippen molar-refractivity contribution < 1.29 is 4.79 Å². The molecule has 172 valence electrons. The highest BCUT2D eigenvalue weighted by atomic mass is 16.2. The average molecular weight is 449 g/mol. The minimum atomic E-state index is -0.363. The summed E-state index contributed by atoms with van der Waals surface area (Å²) in [6.07, 6.45) is 8.38. The maximum absolute atomic E-state index is 13.1. The van der Waals surface area contributed by atoms with Gasteiger partial charge in [-0.05, 0) is 43.7 Å². The first-order valence-corrected chi connectivity index (χ1v) is 11.6. The average Bonchev–Trinajstić information content (AvgIpc) is 2.87. The van der Waals surface area contributed by atoms with Gasteiger partial charge in [0.2, 0.25) is 5.91 Å². The maximum Gasteiger partial charge on any atom is 0.328 e. The monoisotopic (exact) mass is 448 g/mol. The molecule has 5 rings (SSSR count). The molecule has 2 fully saturated rings. The van der Waals surface area contributed by atoms with Crippen LogP contribution < -0.4 is 16.1 Å². The van der Waals surface area contributed by atoms with Gasteiger partial charge in [-0.25, -0.2) is 9.78 Å². The molecule has 1 aromatic carbocycles. The Morgan fingerprint density at radius 1 is 1.00 bits per heavy atom. The Hall–Kier alpha value is -3.49. The summed E-state index contributed by atoms with van der Waals surface area (Å²) in [6.45, 7) is 3.30. The summed E-state index contributed by atoms with van der Waals surface area (Å²) in [5.74, 6) is 1.33. The molecule has 9 nitrogen and oxygen atoms in total. The van der Waals surface area contributed by atoms with Gasteiger partial charge in [0.25, 0.3) is 5.56 Å². The van der Waals surface area contributed by atoms with Gasteiger partial charge in [-0.1, -0.05) is 12.1 Å². The predicted molar refractivity (Wildman–Crippen MR) is 125 cm³/mol. The highest BCUT2D eigenvalue weighted by molar-refractivity contribution is 5.79. The number of carbonyl (C=O) groups excluding carboxylic acids is 1. The van der Waals surface area contributed by atoms with Gasteiger partial charge < -0.3 is 14.8 Å². The first-order valence-electron chi connectivity index (χ1n) is 11.6. The van der Waals surface area contributed by atoms with Crippen molar-refractivity contribution in [2.24, 2.45) is 11.8 Å². The lowest BCUT2D eigenvalue weighted by Gasteiger charge is -2.38. The minimum Gasteiger partial charge on any atom is -0.352 e. The summed E-state index contributed by atoms with van der Waals surface area (Å²) in [6, 6.07) is 7.09. The number of para-hydroxylation sites is 1. The molecule has 1 aliphatic heterocycles. The lowest BCUT2D eigenvalue weighted by Crippen LogP contribution is -2.51. The predicted octanol–water partition coefficient (Wildman–Crippen LogP) is 1.63. The van der Waals surface area contributed by atoms with Crippen LogP contribution >= 0.6 is 0 Å². The Bertz CT molecular complexity index is 1240. The number of benzene rings is 1. The molecule has 1 saturated heterocycles. The Balaban J connectivity index is 1.16. The number of anilines is 1. The van der Waals surface area contributed by atoms with Crippen molar-refractivity contribution in [1.29, 1.82) is 0 Å². The molecule has 9 heteroatoms. The van der Waals surface area contributed by atoms with Crippen LogP contribution in [0.2, 0.25) is 0 Å². The standard InChI is InChI=1S/C24H28N6O3/c31-22(29-13-11-28(12-14-29)21-15-25-9-10-26-21)18-7-5-17(6-8-18)16-30-23(32)19-3-1-2-4-20(19)27-24(30)33/h1-4,9-10,15,17-18H,5-8,11-14,16H2,(H,27,33)/t17-,18-. The van der Waals surface area contributed by atoms with Crippen molar-refractivity contribution in [3.63, 3.8) is 0 Å². The quantitative estimate of drug-likeness (QED) is 0.651. The van der Waals surface area contributed by atoms with Crippen LogP contribution in [0.15, 0.2) is 52.4 Å². The number of carbonyl (C=O) groups is 1. The number of piperazine rings is 1. The van der Waals surface area contributed by atoms with Crippen molar-refractivity contribution in [2.75, 3.05) is 31.1 Å². The molecule has 3 heterocycles. The number of hydrogen-bond acceptors (Lipinski definition) is 6. The van der Waals surface area contributed by atoms with E-state index in [1.165, 1.54) is 4.57 Å². The summed E-state index contributed by atoms with van der Waals surface area (Å²) in [7, 11) is 0. The number of amides is 1. The topological polar surface area (TPSA) is 104 Å². The SMILES string of the molecule is O=c1[nH]c2ccccc2c(=O)n1C[C@H]1CC[C@H](C(=O)N2CCN(c3cnccn3)CC2)CC1. The highest BCUT2D eigenvalue weighted by Gasteiger charge is 2.31. The number of fused-ring (bicyclic) bond motifs is 1. The van der Waals surface area contributed by atoms with Crippen LogP contribution in [-0.2, 0) is 11.3 Å². The van der Waals surface area contributed by atoms with E-state index in [0.29, 0.717) is 30.5 Å². The van der Waals surface area contributed by atoms with Gasteiger partial charge >= 0.3 is 5.69 Å². The van der Waals surface area contributed by atoms with E-state index in [4.69, 9.17) is 0 Å². The number of rotatable bonds is 4. The van der Waals surface area contributed by atoms with Crippen molar-refractivity contribution in [2.45, 2.75) is 32.2 Å². The third-order valence-corrected chi connectivity index (χ3v) is 6.99. The number of H-pyrrole nitrogens is 1. The molecule has 0 spiro atoms. The van der Waals surface area contributed by atoms with Gasteiger partial charge in [-0.2, -0.15) is 0 Å². The van der Waals surface area contributed by atoms with Crippen LogP contribution in [0.25, 0.3) is 10.9 Å². The fourth-order valence-corrected chi connectivity index (χ4v) is 5.08. The molecule has 3 aromatic rings. The third kappa shape index (κ3) is 4.40. The van der Waals surface area contributed by atoms with Gasteiger partial charge in [-0.15, -0.1) is 0 Å². The van der Waals surface area contributed by atoms with E-state index in [1.54, 1.807) is 42.9 Å². The smallest absolute Gasteiger partial charge is 0.328 e. The van der Waals surface area contributed by atoms with Crippen molar-refractivity contribution >= 4 is 22.6 Å². The first kappa shape index (κ1) is 21.4. The number of aromatic nitrogens is 4. The molecular formula is C24H28N6O3. The zero-order valence-corrected chi connectivity index (χ0v) is 18.5. The Labute approximate surface area is 191 Å². The number of aromatic amines is 1. The van der Waals surface area contributed by atoms with Crippen LogP contribution in [-0.4, -0.2) is 56.5 Å². The molecule has 0 atom stereocenters. The summed E-state index contributed by atoms with van der Waals surface area (Å²) in [4.78, 5) is 53.8. The second-order valence-electron chi connectivity index (χ2n) is 8.99. The van der Waals surface area contributed by atoms with Crippen LogP contribution in [0.1, 0.15) is 25.7 Å². The molecule has 2 aromatic heterocycles. The molecular weight excluding hydrogens is 420 g/mol. The van der Waals surface area contributed by atoms with Gasteiger partial charge in [0.15, 0.2) is 0 Å². The van der Waals surface area contributed by atoms with Gasteiger partial charge in [-0.3, -0.25) is 19.1 Å². The van der Waals surface area contributed by atoms with Gasteiger partial charge in [0.05, 0.1) is 17.1 Å². The third-order valence-electron chi connectivity index (χ3n) is 6.99. The lowest BCUT2D eigenvalue weighted by molar-refractivity contribution is -0.137. The van der Waals surface area contributed by atoms with Crippen molar-refractivity contribution in [1.82, 2.24) is 24.4 Å². The molecule has 0 radical (unpaired) electrons. The van der Waals surface area contributed by atoms with Crippen LogP contribution in [0.4, 0.5) is 5.82 Å². The zero-order chi connectivity index (χ0) is 22.8. The molecule has 0 bridgehead atoms. The van der Waals surface area contributed by atoms with E-state index in [2.05, 4.69) is 19.9 Å². The molecule has 2 aliphatic rings. The fourth-order valence-electron chi connectivity index (χ4n) is 5.08. The Kier molecular flexibility index (Phi) is 5.93. The van der Waals surface area contributed by atoms with Crippen LogP contribution in [0, 0.1) is 11.8 Å². The molecule has 1 saturated carbocycles. The van der Waals surface area contributed by atoms with Crippen LogP contribution in [0.3, 0.4) is 0 Å². The number of nitrogens with one attached hydrogen (secondary N) is 1. The number of nitrogens with zero attached hydrogens (tertiary/aromatic N) is 5. The molecule has 33 heavy (non-hydrogen) atoms. The van der Waals surface area contributed by atoms with Crippen molar-refractivity contribution in [3.8, 4) is 0 Å². The molecule has 1 N–H and O–H groups in total. The second kappa shape index (κ2) is 9.17. The van der Waals surface area contributed by atoms with E-state index in [1.807, 2.05) is 4.90 Å². The van der Waals surface area contributed by atoms with E-state index >= 15 is 0 Å². The summed E-state index contributed by atoms with van der Waals surface area (Å²) >= 11 is 0. The van der Waals surface area contributed by atoms with E-state index in [9.17, 15) is 14.4 Å². The van der Waals surface area contributed by atoms with Gasteiger partial charge in [0.1, 0.15) is 5.82 Å². The van der Waals surface area contributed by atoms with Crippen LogP contribution in [0.5, 0.6) is 0 Å². The summed E-state index contributed by atoms with van der Waals surface area (Å²) in [5.41, 5.74) is -0.0381. The number of hydrogen-bond donors (Lipinski definition) is 1. The van der Waals surface area contributed by atoms with E-state index in [-0.39, 0.29) is 29.0 Å². The fraction of sp³-hybridized carbons (Fsp3) is 0.458. The first-order chi connectivity index (χ1) is 16.1. The molecule has 1 aliphatic carbocycles. The Morgan fingerprint density at radius 2 is 1.76 bits per heavy atom. The molecule has 1 amide bonds. The normalized spacial score (nSPS) is 21.3. The van der Waals surface area contributed by atoms with E-state index in [0.717, 1.165) is 44.6 Å². The zero-order valence-electron chi connectivity index (χ0n) is 18.5. The minimum absolute atomic E-state index is 0.0240. The summed E-state index contributed by atoms with van der Waals surface area (Å²) < 4.78 is 1.32. The Morgan fingerprint density at radius 3 is 2.48 bits per heavy atom. The lowest BCUT2D eigenvalue weighted by atomic mass is 9.81.